The predicted molar refractivity (Wildman–Crippen MR) is 53.5 cm³/mol. The number of carbonyl (C=O) groups excluding carboxylic acids is 1. The molecule has 0 aromatic carbocycles. The van der Waals surface area contributed by atoms with Crippen LogP contribution in [0, 0.1) is 0 Å². The van der Waals surface area contributed by atoms with Crippen LogP contribution in [0.5, 0.6) is 0 Å². The van der Waals surface area contributed by atoms with E-state index in [0.717, 1.165) is 25.2 Å². The van der Waals surface area contributed by atoms with Crippen LogP contribution < -0.4 is 5.32 Å². The fourth-order valence-electron chi connectivity index (χ4n) is 1.41. The summed E-state index contributed by atoms with van der Waals surface area (Å²) in [5.41, 5.74) is 1.00. The van der Waals surface area contributed by atoms with Gasteiger partial charge in [0.15, 0.2) is 0 Å². The van der Waals surface area contributed by atoms with Gasteiger partial charge in [-0.3, -0.25) is 0 Å². The van der Waals surface area contributed by atoms with Crippen molar-refractivity contribution >= 4 is 17.3 Å². The quantitative estimate of drug-likeness (QED) is 0.742. The second kappa shape index (κ2) is 4.06. The molecule has 4 nitrogen and oxygen atoms in total. The molecule has 14 heavy (non-hydrogen) atoms. The van der Waals surface area contributed by atoms with E-state index < -0.39 is 0 Å². The lowest BCUT2D eigenvalue weighted by molar-refractivity contribution is 0.0525. The molecule has 1 aliphatic rings. The Labute approximate surface area is 86.3 Å². The summed E-state index contributed by atoms with van der Waals surface area (Å²) >= 11 is 1.46. The van der Waals surface area contributed by atoms with E-state index in [2.05, 4.69) is 10.3 Å². The lowest BCUT2D eigenvalue weighted by Crippen LogP contribution is -2.22. The highest BCUT2D eigenvalue weighted by atomic mass is 32.1. The second-order valence-electron chi connectivity index (χ2n) is 3.04. The number of fused-ring (bicyclic) bond motifs is 1. The maximum absolute atomic E-state index is 11.4. The number of nitrogens with zero attached hydrogens (tertiary/aromatic N) is 1. The fraction of sp³-hybridized carbons (Fsp3) is 0.556. The topological polar surface area (TPSA) is 51.2 Å². The van der Waals surface area contributed by atoms with E-state index in [0.29, 0.717) is 11.6 Å². The van der Waals surface area contributed by atoms with Gasteiger partial charge in [0.1, 0.15) is 0 Å². The molecule has 1 aliphatic heterocycles. The Morgan fingerprint density at radius 1 is 1.71 bits per heavy atom. The summed E-state index contributed by atoms with van der Waals surface area (Å²) in [6.45, 7) is 3.94. The first kappa shape index (κ1) is 9.61. The average molecular weight is 212 g/mol. The van der Waals surface area contributed by atoms with Crippen molar-refractivity contribution in [1.82, 2.24) is 10.3 Å². The van der Waals surface area contributed by atoms with Crippen molar-refractivity contribution in [2.24, 2.45) is 0 Å². The van der Waals surface area contributed by atoms with Gasteiger partial charge in [0.25, 0.3) is 0 Å². The Kier molecular flexibility index (Phi) is 2.79. The predicted octanol–water partition coefficient (Wildman–Crippen LogP) is 0.966. The molecular weight excluding hydrogens is 200 g/mol. The van der Waals surface area contributed by atoms with Crippen LogP contribution in [-0.2, 0) is 17.7 Å². The third-order valence-corrected chi connectivity index (χ3v) is 3.19. The first-order chi connectivity index (χ1) is 6.81. The minimum Gasteiger partial charge on any atom is -0.461 e. The third kappa shape index (κ3) is 1.78. The van der Waals surface area contributed by atoms with E-state index in [4.69, 9.17) is 4.74 Å². The molecule has 2 rings (SSSR count). The molecule has 2 heterocycles. The first-order valence-corrected chi connectivity index (χ1v) is 5.49. The lowest BCUT2D eigenvalue weighted by Gasteiger charge is -2.09. The molecule has 0 bridgehead atoms. The summed E-state index contributed by atoms with van der Waals surface area (Å²) in [5.74, 6) is -0.299. The SMILES string of the molecule is CCOC(=O)c1nc2c(s1)CCNC2. The monoisotopic (exact) mass is 212 g/mol. The lowest BCUT2D eigenvalue weighted by atomic mass is 10.2. The van der Waals surface area contributed by atoms with E-state index in [1.807, 2.05) is 0 Å². The Balaban J connectivity index is 2.19. The minimum absolute atomic E-state index is 0.299. The molecule has 0 saturated heterocycles. The van der Waals surface area contributed by atoms with Gasteiger partial charge in [-0.25, -0.2) is 9.78 Å². The van der Waals surface area contributed by atoms with E-state index in [1.165, 1.54) is 16.2 Å². The summed E-state index contributed by atoms with van der Waals surface area (Å²) < 4.78 is 4.89. The normalized spacial score (nSPS) is 14.9. The second-order valence-corrected chi connectivity index (χ2v) is 4.12. The van der Waals surface area contributed by atoms with Crippen LogP contribution in [0.3, 0.4) is 0 Å². The molecule has 5 heteroatoms. The van der Waals surface area contributed by atoms with Crippen molar-refractivity contribution in [3.63, 3.8) is 0 Å². The van der Waals surface area contributed by atoms with Gasteiger partial charge in [0.2, 0.25) is 5.01 Å². The summed E-state index contributed by atoms with van der Waals surface area (Å²) in [5, 5.41) is 3.70. The third-order valence-electron chi connectivity index (χ3n) is 2.05. The Hall–Kier alpha value is -0.940. The Bertz CT molecular complexity index is 325. The molecule has 0 unspecified atom stereocenters. The minimum atomic E-state index is -0.299. The molecule has 1 aromatic rings. The van der Waals surface area contributed by atoms with Crippen molar-refractivity contribution in [3.05, 3.63) is 15.6 Å². The standard InChI is InChI=1S/C9H12N2O2S/c1-2-13-9(12)8-11-6-5-10-4-3-7(6)14-8/h10H,2-5H2,1H3. The summed E-state index contributed by atoms with van der Waals surface area (Å²) in [6.07, 6.45) is 0.965. The molecular formula is C9H12N2O2S. The van der Waals surface area contributed by atoms with E-state index >= 15 is 0 Å². The van der Waals surface area contributed by atoms with Gasteiger partial charge in [0, 0.05) is 18.0 Å². The maximum Gasteiger partial charge on any atom is 0.367 e. The van der Waals surface area contributed by atoms with Crippen LogP contribution in [0.1, 0.15) is 27.3 Å². The summed E-state index contributed by atoms with van der Waals surface area (Å²) in [6, 6.07) is 0. The number of esters is 1. The smallest absolute Gasteiger partial charge is 0.367 e. The number of carbonyl (C=O) groups is 1. The van der Waals surface area contributed by atoms with Crippen molar-refractivity contribution < 1.29 is 9.53 Å². The number of hydrogen-bond acceptors (Lipinski definition) is 5. The van der Waals surface area contributed by atoms with Crippen molar-refractivity contribution in [1.29, 1.82) is 0 Å². The Morgan fingerprint density at radius 2 is 2.57 bits per heavy atom. The highest BCUT2D eigenvalue weighted by Gasteiger charge is 2.19. The maximum atomic E-state index is 11.4. The van der Waals surface area contributed by atoms with E-state index in [1.54, 1.807) is 6.92 Å². The Morgan fingerprint density at radius 3 is 3.29 bits per heavy atom. The van der Waals surface area contributed by atoms with Crippen molar-refractivity contribution in [2.45, 2.75) is 19.9 Å². The molecule has 0 amide bonds. The molecule has 0 saturated carbocycles. The largest absolute Gasteiger partial charge is 0.461 e. The van der Waals surface area contributed by atoms with Gasteiger partial charge in [-0.05, 0) is 13.3 Å². The van der Waals surface area contributed by atoms with E-state index in [9.17, 15) is 4.79 Å². The number of aromatic nitrogens is 1. The van der Waals surface area contributed by atoms with Gasteiger partial charge >= 0.3 is 5.97 Å². The van der Waals surface area contributed by atoms with Crippen molar-refractivity contribution in [2.75, 3.05) is 13.2 Å². The van der Waals surface area contributed by atoms with E-state index in [-0.39, 0.29) is 5.97 Å². The molecule has 0 fully saturated rings. The number of hydrogen-bond donors (Lipinski definition) is 1. The zero-order valence-corrected chi connectivity index (χ0v) is 8.82. The molecule has 76 valence electrons. The summed E-state index contributed by atoms with van der Waals surface area (Å²) in [7, 11) is 0. The zero-order valence-electron chi connectivity index (χ0n) is 8.00. The number of nitrogens with one attached hydrogen (secondary N) is 1. The molecule has 0 aliphatic carbocycles. The number of thiazole rings is 1. The molecule has 1 aromatic heterocycles. The molecule has 0 radical (unpaired) electrons. The number of rotatable bonds is 2. The van der Waals surface area contributed by atoms with Gasteiger partial charge < -0.3 is 10.1 Å². The summed E-state index contributed by atoms with van der Waals surface area (Å²) in [4.78, 5) is 16.8. The van der Waals surface area contributed by atoms with Gasteiger partial charge in [-0.2, -0.15) is 0 Å². The van der Waals surface area contributed by atoms with Crippen LogP contribution in [0.2, 0.25) is 0 Å². The zero-order chi connectivity index (χ0) is 9.97. The molecule has 0 atom stereocenters. The van der Waals surface area contributed by atoms with Crippen LogP contribution >= 0.6 is 11.3 Å². The highest BCUT2D eigenvalue weighted by Crippen LogP contribution is 2.22. The first-order valence-electron chi connectivity index (χ1n) is 4.67. The number of ether oxygens (including phenoxy) is 1. The van der Waals surface area contributed by atoms with Crippen LogP contribution in [0.4, 0.5) is 0 Å². The highest BCUT2D eigenvalue weighted by molar-refractivity contribution is 7.13. The average Bonchev–Trinajstić information content (AvgIpc) is 2.61. The van der Waals surface area contributed by atoms with Gasteiger partial charge in [0.05, 0.1) is 12.3 Å². The molecule has 0 spiro atoms. The van der Waals surface area contributed by atoms with Gasteiger partial charge in [-0.15, -0.1) is 11.3 Å². The van der Waals surface area contributed by atoms with Crippen LogP contribution in [0.25, 0.3) is 0 Å². The van der Waals surface area contributed by atoms with Crippen LogP contribution in [-0.4, -0.2) is 24.1 Å². The van der Waals surface area contributed by atoms with Crippen molar-refractivity contribution in [3.8, 4) is 0 Å². The fourth-order valence-corrected chi connectivity index (χ4v) is 2.38. The van der Waals surface area contributed by atoms with Crippen LogP contribution in [0.15, 0.2) is 0 Å². The van der Waals surface area contributed by atoms with Gasteiger partial charge in [-0.1, -0.05) is 0 Å². The molecule has 1 N–H and O–H groups in total.